The van der Waals surface area contributed by atoms with Gasteiger partial charge in [-0.3, -0.25) is 0 Å². The van der Waals surface area contributed by atoms with E-state index in [0.717, 1.165) is 30.3 Å². The molecule has 1 aliphatic heterocycles. The topological polar surface area (TPSA) is 43.6 Å². The maximum Gasteiger partial charge on any atom is 0.182 e. The highest BCUT2D eigenvalue weighted by Crippen LogP contribution is 2.22. The summed E-state index contributed by atoms with van der Waals surface area (Å²) in [5.74, 6) is 1.89. The maximum atomic E-state index is 5.88. The number of halogens is 1. The summed E-state index contributed by atoms with van der Waals surface area (Å²) < 4.78 is 2.14. The zero-order valence-electron chi connectivity index (χ0n) is 8.73. The van der Waals surface area contributed by atoms with Gasteiger partial charge in [-0.25, -0.2) is 4.98 Å². The third-order valence-corrected chi connectivity index (χ3v) is 3.01. The number of aryl methyl sites for hydroxylation is 1. The van der Waals surface area contributed by atoms with E-state index in [1.54, 1.807) is 6.07 Å². The van der Waals surface area contributed by atoms with Crippen LogP contribution in [0.1, 0.15) is 18.7 Å². The highest BCUT2D eigenvalue weighted by atomic mass is 35.5. The minimum atomic E-state index is 0.491. The Morgan fingerprint density at radius 1 is 1.19 bits per heavy atom. The van der Waals surface area contributed by atoms with Gasteiger partial charge in [0.25, 0.3) is 0 Å². The molecular formula is C11H11ClN4. The van der Waals surface area contributed by atoms with Gasteiger partial charge in [-0.2, -0.15) is 0 Å². The summed E-state index contributed by atoms with van der Waals surface area (Å²) >= 11 is 5.88. The smallest absolute Gasteiger partial charge is 0.182 e. The lowest BCUT2D eigenvalue weighted by Gasteiger charge is -2.14. The van der Waals surface area contributed by atoms with Crippen molar-refractivity contribution in [1.82, 2.24) is 19.7 Å². The fourth-order valence-electron chi connectivity index (χ4n) is 2.03. The summed E-state index contributed by atoms with van der Waals surface area (Å²) in [6.45, 7) is 0.978. The molecule has 0 aromatic carbocycles. The van der Waals surface area contributed by atoms with Crippen molar-refractivity contribution >= 4 is 11.6 Å². The first-order chi connectivity index (χ1) is 7.84. The van der Waals surface area contributed by atoms with Gasteiger partial charge in [0.2, 0.25) is 0 Å². The molecule has 1 aliphatic rings. The molecule has 3 heterocycles. The second-order valence-electron chi connectivity index (χ2n) is 3.89. The van der Waals surface area contributed by atoms with Crippen LogP contribution in [-0.2, 0) is 13.0 Å². The van der Waals surface area contributed by atoms with Crippen LogP contribution in [0.15, 0.2) is 18.2 Å². The number of hydrogen-bond acceptors (Lipinski definition) is 3. The molecule has 0 fully saturated rings. The van der Waals surface area contributed by atoms with Crippen LogP contribution in [0.2, 0.25) is 5.15 Å². The molecule has 2 aromatic heterocycles. The number of fused-ring (bicyclic) bond motifs is 1. The zero-order chi connectivity index (χ0) is 11.0. The lowest BCUT2D eigenvalue weighted by Crippen LogP contribution is -2.11. The van der Waals surface area contributed by atoms with Gasteiger partial charge in [0.05, 0.1) is 0 Å². The molecule has 4 nitrogen and oxygen atoms in total. The van der Waals surface area contributed by atoms with Crippen LogP contribution >= 0.6 is 11.6 Å². The van der Waals surface area contributed by atoms with E-state index >= 15 is 0 Å². The summed E-state index contributed by atoms with van der Waals surface area (Å²) in [7, 11) is 0. The van der Waals surface area contributed by atoms with E-state index in [4.69, 9.17) is 11.6 Å². The van der Waals surface area contributed by atoms with Gasteiger partial charge in [0.15, 0.2) is 5.82 Å². The third kappa shape index (κ3) is 1.59. The number of hydrogen-bond donors (Lipinski definition) is 0. The number of nitrogens with zero attached hydrogens (tertiary/aromatic N) is 4. The minimum Gasteiger partial charge on any atom is -0.310 e. The van der Waals surface area contributed by atoms with Gasteiger partial charge in [0, 0.05) is 13.0 Å². The second-order valence-corrected chi connectivity index (χ2v) is 4.28. The van der Waals surface area contributed by atoms with Gasteiger partial charge in [-0.05, 0) is 25.0 Å². The first-order valence-electron chi connectivity index (χ1n) is 5.39. The van der Waals surface area contributed by atoms with Crippen molar-refractivity contribution in [3.63, 3.8) is 0 Å². The van der Waals surface area contributed by atoms with Crippen molar-refractivity contribution in [3.8, 4) is 11.5 Å². The second kappa shape index (κ2) is 3.87. The molecule has 0 amide bonds. The van der Waals surface area contributed by atoms with Crippen molar-refractivity contribution in [2.75, 3.05) is 0 Å². The normalized spacial score (nSPS) is 14.8. The van der Waals surface area contributed by atoms with E-state index in [9.17, 15) is 0 Å². The van der Waals surface area contributed by atoms with Gasteiger partial charge >= 0.3 is 0 Å². The summed E-state index contributed by atoms with van der Waals surface area (Å²) in [5, 5.41) is 8.88. The molecule has 0 atom stereocenters. The third-order valence-electron chi connectivity index (χ3n) is 2.80. The van der Waals surface area contributed by atoms with Crippen molar-refractivity contribution in [2.45, 2.75) is 25.8 Å². The monoisotopic (exact) mass is 234 g/mol. The van der Waals surface area contributed by atoms with Crippen molar-refractivity contribution < 1.29 is 0 Å². The SMILES string of the molecule is Clc1cccc(-c2nnc3n2CCCC3)n1. The predicted octanol–water partition coefficient (Wildman–Crippen LogP) is 2.33. The van der Waals surface area contributed by atoms with Crippen LogP contribution in [0.3, 0.4) is 0 Å². The first-order valence-corrected chi connectivity index (χ1v) is 5.77. The van der Waals surface area contributed by atoms with Crippen LogP contribution in [-0.4, -0.2) is 19.7 Å². The molecule has 0 saturated carbocycles. The van der Waals surface area contributed by atoms with Crippen LogP contribution in [0.4, 0.5) is 0 Å². The molecule has 5 heteroatoms. The summed E-state index contributed by atoms with van der Waals surface area (Å²) in [6.07, 6.45) is 3.38. The fourth-order valence-corrected chi connectivity index (χ4v) is 2.19. The lowest BCUT2D eigenvalue weighted by atomic mass is 10.1. The van der Waals surface area contributed by atoms with Crippen LogP contribution in [0, 0.1) is 0 Å². The Balaban J connectivity index is 2.09. The van der Waals surface area contributed by atoms with Gasteiger partial charge in [-0.1, -0.05) is 17.7 Å². The number of aromatic nitrogens is 4. The average Bonchev–Trinajstić information content (AvgIpc) is 2.72. The lowest BCUT2D eigenvalue weighted by molar-refractivity contribution is 0.525. The largest absolute Gasteiger partial charge is 0.310 e. The number of pyridine rings is 1. The highest BCUT2D eigenvalue weighted by Gasteiger charge is 2.17. The van der Waals surface area contributed by atoms with Gasteiger partial charge < -0.3 is 4.57 Å². The Morgan fingerprint density at radius 2 is 2.12 bits per heavy atom. The molecule has 0 aliphatic carbocycles. The maximum absolute atomic E-state index is 5.88. The number of rotatable bonds is 1. The van der Waals surface area contributed by atoms with Crippen molar-refractivity contribution in [1.29, 1.82) is 0 Å². The molecule has 0 bridgehead atoms. The highest BCUT2D eigenvalue weighted by molar-refractivity contribution is 6.29. The Hall–Kier alpha value is -1.42. The van der Waals surface area contributed by atoms with E-state index in [1.807, 2.05) is 12.1 Å². The summed E-state index contributed by atoms with van der Waals surface area (Å²) in [5.41, 5.74) is 0.799. The quantitative estimate of drug-likeness (QED) is 0.712. The zero-order valence-corrected chi connectivity index (χ0v) is 9.48. The van der Waals surface area contributed by atoms with Crippen LogP contribution in [0.5, 0.6) is 0 Å². The van der Waals surface area contributed by atoms with E-state index < -0.39 is 0 Å². The summed E-state index contributed by atoms with van der Waals surface area (Å²) in [6, 6.07) is 5.56. The molecule has 3 rings (SSSR count). The van der Waals surface area contributed by atoms with Crippen molar-refractivity contribution in [3.05, 3.63) is 29.2 Å². The van der Waals surface area contributed by atoms with E-state index in [2.05, 4.69) is 19.7 Å². The molecule has 0 N–H and O–H groups in total. The van der Waals surface area contributed by atoms with E-state index in [-0.39, 0.29) is 0 Å². The van der Waals surface area contributed by atoms with E-state index in [0.29, 0.717) is 5.15 Å². The van der Waals surface area contributed by atoms with E-state index in [1.165, 1.54) is 12.8 Å². The van der Waals surface area contributed by atoms with Crippen molar-refractivity contribution in [2.24, 2.45) is 0 Å². The fraction of sp³-hybridized carbons (Fsp3) is 0.364. The van der Waals surface area contributed by atoms with Gasteiger partial charge in [0.1, 0.15) is 16.7 Å². The Labute approximate surface area is 98.3 Å². The van der Waals surface area contributed by atoms with Crippen LogP contribution in [0.25, 0.3) is 11.5 Å². The predicted molar refractivity (Wildman–Crippen MR) is 61.2 cm³/mol. The Kier molecular flexibility index (Phi) is 2.36. The molecule has 2 aromatic rings. The first kappa shape index (κ1) is 9.78. The average molecular weight is 235 g/mol. The molecule has 0 radical (unpaired) electrons. The minimum absolute atomic E-state index is 0.491. The van der Waals surface area contributed by atoms with Gasteiger partial charge in [-0.15, -0.1) is 10.2 Å². The summed E-state index contributed by atoms with van der Waals surface area (Å²) in [4.78, 5) is 4.27. The Morgan fingerprint density at radius 3 is 3.00 bits per heavy atom. The molecule has 16 heavy (non-hydrogen) atoms. The molecule has 0 spiro atoms. The van der Waals surface area contributed by atoms with Crippen LogP contribution < -0.4 is 0 Å². The standard InChI is InChI=1S/C11H11ClN4/c12-9-5-3-4-8(13-9)11-15-14-10-6-1-2-7-16(10)11/h3-5H,1-2,6-7H2. The molecule has 82 valence electrons. The molecule has 0 saturated heterocycles. The Bertz CT molecular complexity index is 520. The molecular weight excluding hydrogens is 224 g/mol. The molecule has 0 unspecified atom stereocenters.